The van der Waals surface area contributed by atoms with Gasteiger partial charge in [0.25, 0.3) is 0 Å². The van der Waals surface area contributed by atoms with E-state index in [1.54, 1.807) is 13.0 Å². The molecule has 4 rings (SSSR count). The maximum atomic E-state index is 9.34. The molecule has 0 bridgehead atoms. The Kier molecular flexibility index (Phi) is 3.54. The molecule has 0 amide bonds. The summed E-state index contributed by atoms with van der Waals surface area (Å²) in [6.07, 6.45) is 0.381. The minimum atomic E-state index is -0.523. The second-order valence-corrected chi connectivity index (χ2v) is 6.26. The van der Waals surface area contributed by atoms with Crippen molar-refractivity contribution in [1.29, 1.82) is 0 Å². The summed E-state index contributed by atoms with van der Waals surface area (Å²) in [5, 5.41) is 9.34. The summed E-state index contributed by atoms with van der Waals surface area (Å²) in [6, 6.07) is 20.8. The van der Waals surface area contributed by atoms with Crippen molar-refractivity contribution < 1.29 is 11.2 Å². The van der Waals surface area contributed by atoms with Gasteiger partial charge in [0.2, 0.25) is 0 Å². The third-order valence-corrected chi connectivity index (χ3v) is 4.42. The summed E-state index contributed by atoms with van der Waals surface area (Å²) in [5.41, 5.74) is 7.21. The third-order valence-electron chi connectivity index (χ3n) is 4.42. The summed E-state index contributed by atoms with van der Waals surface area (Å²) in [5.74, 6) is 0.616. The van der Waals surface area contributed by atoms with E-state index in [1.807, 2.05) is 12.1 Å². The Morgan fingerprint density at radius 1 is 1.00 bits per heavy atom. The van der Waals surface area contributed by atoms with Crippen LogP contribution in [0.4, 0.5) is 0 Å². The van der Waals surface area contributed by atoms with Gasteiger partial charge in [-0.05, 0) is 58.9 Å². The molecule has 3 aromatic carbocycles. The lowest BCUT2D eigenvalue weighted by atomic mass is 9.96. The van der Waals surface area contributed by atoms with Crippen LogP contribution in [0.5, 0.6) is 5.75 Å². The average molecular weight is 317 g/mol. The summed E-state index contributed by atoms with van der Waals surface area (Å²) in [7, 11) is 0. The molecule has 0 radical (unpaired) electrons. The van der Waals surface area contributed by atoms with Gasteiger partial charge in [-0.1, -0.05) is 54.6 Å². The fraction of sp³-hybridized carbons (Fsp3) is 0.182. The maximum Gasteiger partial charge on any atom is 0.119 e. The topological polar surface area (TPSA) is 29.5 Å². The van der Waals surface area contributed by atoms with Crippen LogP contribution in [0, 0.1) is 0 Å². The zero-order valence-electron chi connectivity index (χ0n) is 14.6. The minimum Gasteiger partial charge on any atom is -0.491 e. The highest BCUT2D eigenvalue weighted by atomic mass is 16.5. The second-order valence-electron chi connectivity index (χ2n) is 6.26. The lowest BCUT2D eigenvalue weighted by molar-refractivity contribution is 0.123. The van der Waals surface area contributed by atoms with E-state index in [4.69, 9.17) is 6.11 Å². The molecule has 0 heterocycles. The van der Waals surface area contributed by atoms with Crippen molar-refractivity contribution in [3.8, 4) is 28.0 Å². The largest absolute Gasteiger partial charge is 0.491 e. The summed E-state index contributed by atoms with van der Waals surface area (Å²) >= 11 is 0. The standard InChI is InChI=1S/C22H20O2/c1-15(23)14-24-18-11-9-16(10-12-18)19-7-4-8-21-20-6-3-2-5-17(20)13-22(19)21/h2-12,15,23H,13-14H2,1H3/i9D. The van der Waals surface area contributed by atoms with Crippen LogP contribution < -0.4 is 4.74 Å². The first-order chi connectivity index (χ1) is 12.1. The molecule has 0 saturated carbocycles. The number of hydrogen-bond acceptors (Lipinski definition) is 2. The predicted octanol–water partition coefficient (Wildman–Crippen LogP) is 4.68. The molecule has 2 heteroatoms. The monoisotopic (exact) mass is 317 g/mol. The van der Waals surface area contributed by atoms with Crippen LogP contribution in [0.3, 0.4) is 0 Å². The number of fused-ring (bicyclic) bond motifs is 3. The number of ether oxygens (including phenoxy) is 1. The molecule has 0 saturated heterocycles. The molecule has 0 aromatic heterocycles. The Hall–Kier alpha value is -2.58. The van der Waals surface area contributed by atoms with Crippen molar-refractivity contribution in [3.63, 3.8) is 0 Å². The van der Waals surface area contributed by atoms with E-state index in [0.29, 0.717) is 11.8 Å². The van der Waals surface area contributed by atoms with Crippen molar-refractivity contribution in [2.75, 3.05) is 6.61 Å². The number of rotatable bonds is 4. The Bertz CT molecular complexity index is 931. The van der Waals surface area contributed by atoms with E-state index < -0.39 is 6.10 Å². The first-order valence-corrected chi connectivity index (χ1v) is 8.25. The zero-order valence-corrected chi connectivity index (χ0v) is 13.6. The molecule has 0 aliphatic heterocycles. The van der Waals surface area contributed by atoms with Crippen LogP contribution >= 0.6 is 0 Å². The van der Waals surface area contributed by atoms with Crippen LogP contribution in [0.25, 0.3) is 22.3 Å². The predicted molar refractivity (Wildman–Crippen MR) is 97.3 cm³/mol. The Morgan fingerprint density at radius 3 is 2.62 bits per heavy atom. The fourth-order valence-corrected chi connectivity index (χ4v) is 3.29. The van der Waals surface area contributed by atoms with E-state index in [9.17, 15) is 5.11 Å². The highest BCUT2D eigenvalue weighted by molar-refractivity contribution is 5.84. The molecule has 120 valence electrons. The molecular formula is C22H20O2. The number of benzene rings is 3. The molecule has 2 nitrogen and oxygen atoms in total. The van der Waals surface area contributed by atoms with Gasteiger partial charge in [0.15, 0.2) is 0 Å². The highest BCUT2D eigenvalue weighted by Crippen LogP contribution is 2.41. The Balaban J connectivity index is 1.72. The van der Waals surface area contributed by atoms with Crippen LogP contribution in [0.2, 0.25) is 0 Å². The third kappa shape index (κ3) is 2.70. The summed E-state index contributed by atoms with van der Waals surface area (Å²) < 4.78 is 13.9. The highest BCUT2D eigenvalue weighted by Gasteiger charge is 2.20. The van der Waals surface area contributed by atoms with Crippen molar-refractivity contribution in [3.05, 3.63) is 77.8 Å². The smallest absolute Gasteiger partial charge is 0.119 e. The van der Waals surface area contributed by atoms with E-state index in [-0.39, 0.29) is 6.61 Å². The van der Waals surface area contributed by atoms with Crippen molar-refractivity contribution >= 4 is 0 Å². The number of hydrogen-bond donors (Lipinski definition) is 1. The van der Waals surface area contributed by atoms with Crippen molar-refractivity contribution in [2.24, 2.45) is 0 Å². The van der Waals surface area contributed by atoms with Gasteiger partial charge >= 0.3 is 0 Å². The molecule has 0 fully saturated rings. The first kappa shape index (κ1) is 13.8. The zero-order chi connectivity index (χ0) is 17.4. The summed E-state index contributed by atoms with van der Waals surface area (Å²) in [6.45, 7) is 1.91. The molecule has 3 aromatic rings. The van der Waals surface area contributed by atoms with Gasteiger partial charge in [0, 0.05) is 0 Å². The normalized spacial score (nSPS) is 13.8. The van der Waals surface area contributed by atoms with Crippen molar-refractivity contribution in [2.45, 2.75) is 19.4 Å². The van der Waals surface area contributed by atoms with Crippen LogP contribution in [0.15, 0.2) is 66.7 Å². The van der Waals surface area contributed by atoms with E-state index in [0.717, 1.165) is 17.5 Å². The molecule has 1 aliphatic carbocycles. The SMILES string of the molecule is [2H]c1cc(OCC(C)O)ccc1-c1cccc2c1Cc1ccccc1-2. The minimum absolute atomic E-state index is 0.231. The second kappa shape index (κ2) is 6.14. The van der Waals surface area contributed by atoms with Crippen LogP contribution in [0.1, 0.15) is 19.4 Å². The van der Waals surface area contributed by atoms with Gasteiger partial charge < -0.3 is 9.84 Å². The van der Waals surface area contributed by atoms with Gasteiger partial charge in [0.05, 0.1) is 7.47 Å². The lowest BCUT2D eigenvalue weighted by Gasteiger charge is -2.11. The van der Waals surface area contributed by atoms with E-state index in [2.05, 4.69) is 42.5 Å². The Labute approximate surface area is 143 Å². The molecule has 1 aliphatic rings. The van der Waals surface area contributed by atoms with Gasteiger partial charge in [-0.3, -0.25) is 0 Å². The molecular weight excluding hydrogens is 296 g/mol. The fourth-order valence-electron chi connectivity index (χ4n) is 3.29. The van der Waals surface area contributed by atoms with Gasteiger partial charge in [-0.15, -0.1) is 0 Å². The first-order valence-electron chi connectivity index (χ1n) is 8.75. The van der Waals surface area contributed by atoms with Crippen LogP contribution in [-0.2, 0) is 6.42 Å². The molecule has 1 unspecified atom stereocenters. The van der Waals surface area contributed by atoms with E-state index >= 15 is 0 Å². The molecule has 1 atom stereocenters. The Morgan fingerprint density at radius 2 is 1.79 bits per heavy atom. The van der Waals surface area contributed by atoms with Gasteiger partial charge in [-0.2, -0.15) is 0 Å². The van der Waals surface area contributed by atoms with Gasteiger partial charge in [-0.25, -0.2) is 0 Å². The number of aliphatic hydroxyl groups excluding tert-OH is 1. The van der Waals surface area contributed by atoms with Gasteiger partial charge in [0.1, 0.15) is 12.4 Å². The maximum absolute atomic E-state index is 9.34. The summed E-state index contributed by atoms with van der Waals surface area (Å²) in [4.78, 5) is 0. The van der Waals surface area contributed by atoms with Crippen LogP contribution in [-0.4, -0.2) is 17.8 Å². The molecule has 1 N–H and O–H groups in total. The van der Waals surface area contributed by atoms with Crippen molar-refractivity contribution in [1.82, 2.24) is 0 Å². The molecule has 24 heavy (non-hydrogen) atoms. The lowest BCUT2D eigenvalue weighted by Crippen LogP contribution is -2.12. The quantitative estimate of drug-likeness (QED) is 0.592. The van der Waals surface area contributed by atoms with E-state index in [1.165, 1.54) is 22.3 Å². The molecule has 0 spiro atoms. The number of aliphatic hydroxyl groups is 1. The average Bonchev–Trinajstić information content (AvgIpc) is 2.99.